The summed E-state index contributed by atoms with van der Waals surface area (Å²) in [7, 11) is 1.51. The van der Waals surface area contributed by atoms with Gasteiger partial charge in [0.25, 0.3) is 11.1 Å². The molecule has 152 valence electrons. The van der Waals surface area contributed by atoms with Gasteiger partial charge in [0.05, 0.1) is 36.7 Å². The Morgan fingerprint density at radius 2 is 2.14 bits per heavy atom. The van der Waals surface area contributed by atoms with E-state index in [1.54, 1.807) is 18.2 Å². The summed E-state index contributed by atoms with van der Waals surface area (Å²) >= 11 is 0. The van der Waals surface area contributed by atoms with Gasteiger partial charge in [0.1, 0.15) is 0 Å². The maximum atomic E-state index is 12.8. The Morgan fingerprint density at radius 1 is 1.31 bits per heavy atom. The number of ether oxygens (including phenoxy) is 2. The molecule has 1 aromatic carbocycles. The number of hydrogen-bond donors (Lipinski definition) is 2. The summed E-state index contributed by atoms with van der Waals surface area (Å²) in [6, 6.07) is 8.49. The van der Waals surface area contributed by atoms with Crippen LogP contribution >= 0.6 is 0 Å². The third-order valence-electron chi connectivity index (χ3n) is 4.95. The van der Waals surface area contributed by atoms with Gasteiger partial charge in [-0.1, -0.05) is 12.1 Å². The van der Waals surface area contributed by atoms with Gasteiger partial charge in [-0.2, -0.15) is 0 Å². The first kappa shape index (κ1) is 19.1. The molecular formula is C20H23N5O4. The maximum absolute atomic E-state index is 12.8. The van der Waals surface area contributed by atoms with Gasteiger partial charge in [-0.25, -0.2) is 9.67 Å². The number of nitrogens with one attached hydrogen (secondary N) is 2. The summed E-state index contributed by atoms with van der Waals surface area (Å²) in [4.78, 5) is 32.0. The van der Waals surface area contributed by atoms with Gasteiger partial charge in [0, 0.05) is 19.2 Å². The van der Waals surface area contributed by atoms with E-state index < -0.39 is 0 Å². The fourth-order valence-electron chi connectivity index (χ4n) is 3.50. The summed E-state index contributed by atoms with van der Waals surface area (Å²) in [6.07, 6.45) is 2.11. The number of benzene rings is 1. The van der Waals surface area contributed by atoms with Crippen molar-refractivity contribution in [3.05, 3.63) is 56.7 Å². The smallest absolute Gasteiger partial charge is 0.275 e. The summed E-state index contributed by atoms with van der Waals surface area (Å²) in [6.45, 7) is 2.23. The van der Waals surface area contributed by atoms with Crippen molar-refractivity contribution in [2.24, 2.45) is 5.92 Å². The van der Waals surface area contributed by atoms with Gasteiger partial charge in [-0.05, 0) is 30.9 Å². The molecule has 0 spiro atoms. The Bertz CT molecular complexity index is 1120. The van der Waals surface area contributed by atoms with Crippen molar-refractivity contribution in [3.8, 4) is 5.88 Å². The van der Waals surface area contributed by atoms with Crippen LogP contribution < -0.4 is 21.2 Å². The molecule has 1 aliphatic heterocycles. The number of fused-ring (bicyclic) bond motifs is 1. The number of methoxy groups -OCH3 is 1. The molecule has 0 amide bonds. The van der Waals surface area contributed by atoms with E-state index in [9.17, 15) is 9.59 Å². The lowest BCUT2D eigenvalue weighted by Crippen LogP contribution is -2.27. The molecule has 1 aliphatic rings. The van der Waals surface area contributed by atoms with Gasteiger partial charge in [-0.3, -0.25) is 14.6 Å². The second-order valence-electron chi connectivity index (χ2n) is 7.07. The van der Waals surface area contributed by atoms with Crippen molar-refractivity contribution in [3.63, 3.8) is 0 Å². The molecule has 1 unspecified atom stereocenters. The van der Waals surface area contributed by atoms with Crippen LogP contribution in [0.15, 0.2) is 39.9 Å². The fraction of sp³-hybridized carbons (Fsp3) is 0.400. The highest BCUT2D eigenvalue weighted by molar-refractivity contribution is 5.85. The lowest BCUT2D eigenvalue weighted by atomic mass is 10.0. The zero-order valence-electron chi connectivity index (χ0n) is 16.2. The molecule has 0 bridgehead atoms. The molecular weight excluding hydrogens is 374 g/mol. The zero-order valence-corrected chi connectivity index (χ0v) is 16.2. The zero-order chi connectivity index (χ0) is 20.2. The Kier molecular flexibility index (Phi) is 5.57. The van der Waals surface area contributed by atoms with Gasteiger partial charge in [0.15, 0.2) is 0 Å². The lowest BCUT2D eigenvalue weighted by Gasteiger charge is -2.22. The van der Waals surface area contributed by atoms with Crippen molar-refractivity contribution < 1.29 is 9.47 Å². The van der Waals surface area contributed by atoms with Crippen LogP contribution in [0.4, 0.5) is 5.95 Å². The molecule has 9 nitrogen and oxygen atoms in total. The minimum atomic E-state index is -0.293. The molecule has 1 saturated heterocycles. The lowest BCUT2D eigenvalue weighted by molar-refractivity contribution is 0.0594. The Hall–Kier alpha value is -3.20. The van der Waals surface area contributed by atoms with E-state index in [-0.39, 0.29) is 17.7 Å². The number of H-pyrrole nitrogens is 1. The van der Waals surface area contributed by atoms with Crippen LogP contribution in [0.5, 0.6) is 5.88 Å². The molecule has 29 heavy (non-hydrogen) atoms. The van der Waals surface area contributed by atoms with E-state index >= 15 is 0 Å². The molecule has 3 aromatic rings. The molecule has 9 heteroatoms. The van der Waals surface area contributed by atoms with Crippen LogP contribution in [0.1, 0.15) is 18.5 Å². The summed E-state index contributed by atoms with van der Waals surface area (Å²) in [5, 5.41) is 8.60. The predicted molar refractivity (Wildman–Crippen MR) is 109 cm³/mol. The van der Waals surface area contributed by atoms with Crippen LogP contribution in [0, 0.1) is 5.92 Å². The monoisotopic (exact) mass is 397 g/mol. The first-order chi connectivity index (χ1) is 14.1. The highest BCUT2D eigenvalue weighted by atomic mass is 16.5. The van der Waals surface area contributed by atoms with E-state index in [0.717, 1.165) is 19.4 Å². The number of rotatable bonds is 6. The molecule has 0 aliphatic carbocycles. The Labute approximate surface area is 166 Å². The van der Waals surface area contributed by atoms with Crippen LogP contribution in [0.25, 0.3) is 10.8 Å². The third-order valence-corrected chi connectivity index (χ3v) is 4.95. The van der Waals surface area contributed by atoms with Gasteiger partial charge in [-0.15, -0.1) is 5.10 Å². The van der Waals surface area contributed by atoms with Crippen molar-refractivity contribution in [2.45, 2.75) is 19.4 Å². The summed E-state index contributed by atoms with van der Waals surface area (Å²) < 4.78 is 12.1. The minimum Gasteiger partial charge on any atom is -0.480 e. The number of hydrogen-bond acceptors (Lipinski definition) is 7. The highest BCUT2D eigenvalue weighted by Gasteiger charge is 2.15. The summed E-state index contributed by atoms with van der Waals surface area (Å²) in [5.41, 5.74) is -0.126. The first-order valence-electron chi connectivity index (χ1n) is 9.60. The number of aromatic amines is 1. The topological polar surface area (TPSA) is 111 Å². The molecule has 4 rings (SSSR count). The van der Waals surface area contributed by atoms with Gasteiger partial charge in [0.2, 0.25) is 11.8 Å². The normalized spacial score (nSPS) is 16.7. The minimum absolute atomic E-state index is 0.0607. The number of aromatic nitrogens is 4. The molecule has 2 N–H and O–H groups in total. The molecule has 2 aromatic heterocycles. The van der Waals surface area contributed by atoms with Crippen LogP contribution in [-0.4, -0.2) is 46.6 Å². The quantitative estimate of drug-likeness (QED) is 0.646. The number of anilines is 1. The number of nitrogens with zero attached hydrogens (tertiary/aromatic N) is 3. The molecule has 1 fully saturated rings. The van der Waals surface area contributed by atoms with Gasteiger partial charge < -0.3 is 14.8 Å². The van der Waals surface area contributed by atoms with Crippen molar-refractivity contribution in [1.29, 1.82) is 0 Å². The fourth-order valence-corrected chi connectivity index (χ4v) is 3.50. The largest absolute Gasteiger partial charge is 0.480 e. The first-order valence-corrected chi connectivity index (χ1v) is 9.60. The average Bonchev–Trinajstić information content (AvgIpc) is 2.75. The molecule has 0 saturated carbocycles. The Morgan fingerprint density at radius 3 is 2.90 bits per heavy atom. The van der Waals surface area contributed by atoms with E-state index in [1.165, 1.54) is 17.9 Å². The van der Waals surface area contributed by atoms with Crippen molar-refractivity contribution >= 4 is 16.7 Å². The van der Waals surface area contributed by atoms with Crippen LogP contribution in [0.3, 0.4) is 0 Å². The molecule has 1 atom stereocenters. The maximum Gasteiger partial charge on any atom is 0.275 e. The SMILES string of the molecule is COc1nn(Cc2cc(=O)[nH]c(NCC3CCCOC3)n2)c(=O)c2ccccc12. The van der Waals surface area contributed by atoms with Crippen molar-refractivity contribution in [1.82, 2.24) is 19.7 Å². The van der Waals surface area contributed by atoms with E-state index in [2.05, 4.69) is 20.4 Å². The summed E-state index contributed by atoms with van der Waals surface area (Å²) in [5.74, 6) is 1.10. The second-order valence-corrected chi connectivity index (χ2v) is 7.07. The van der Waals surface area contributed by atoms with Crippen LogP contribution in [0.2, 0.25) is 0 Å². The Balaban J connectivity index is 1.59. The predicted octanol–water partition coefficient (Wildman–Crippen LogP) is 1.38. The van der Waals surface area contributed by atoms with E-state index in [1.807, 2.05) is 6.07 Å². The third kappa shape index (κ3) is 4.29. The highest BCUT2D eigenvalue weighted by Crippen LogP contribution is 2.19. The van der Waals surface area contributed by atoms with Crippen molar-refractivity contribution in [2.75, 3.05) is 32.2 Å². The molecule has 0 radical (unpaired) electrons. The molecule has 3 heterocycles. The van der Waals surface area contributed by atoms with E-state index in [0.29, 0.717) is 47.4 Å². The standard InChI is InChI=1S/C20H23N5O4/c1-28-18-15-6-2-3-7-16(15)19(27)25(24-18)11-14-9-17(26)23-20(22-14)21-10-13-5-4-8-29-12-13/h2-3,6-7,9,13H,4-5,8,10-12H2,1H3,(H2,21,22,23,26). The van der Waals surface area contributed by atoms with E-state index in [4.69, 9.17) is 9.47 Å². The van der Waals surface area contributed by atoms with Crippen LogP contribution in [-0.2, 0) is 11.3 Å². The average molecular weight is 397 g/mol. The van der Waals surface area contributed by atoms with Gasteiger partial charge >= 0.3 is 0 Å². The second kappa shape index (κ2) is 8.44.